The molecule has 5 aliphatic rings. The van der Waals surface area contributed by atoms with Gasteiger partial charge < -0.3 is 5.32 Å². The van der Waals surface area contributed by atoms with Gasteiger partial charge in [0.2, 0.25) is 11.8 Å². The number of imide groups is 1. The molecule has 5 nitrogen and oxygen atoms in total. The summed E-state index contributed by atoms with van der Waals surface area (Å²) in [7, 11) is 0. The molecule has 7 rings (SSSR count). The van der Waals surface area contributed by atoms with Gasteiger partial charge in [0.05, 0.1) is 33.3 Å². The third kappa shape index (κ3) is 2.73. The number of rotatable bonds is 3. The van der Waals surface area contributed by atoms with E-state index in [4.69, 9.17) is 23.2 Å². The summed E-state index contributed by atoms with van der Waals surface area (Å²) in [5, 5.41) is 3.35. The van der Waals surface area contributed by atoms with Crippen molar-refractivity contribution in [2.45, 2.75) is 6.42 Å². The second-order valence-corrected chi connectivity index (χ2v) is 9.55. The lowest BCUT2D eigenvalue weighted by molar-refractivity contribution is -0.124. The molecule has 2 saturated carbocycles. The van der Waals surface area contributed by atoms with E-state index < -0.39 is 0 Å². The number of anilines is 2. The molecule has 2 bridgehead atoms. The molecule has 0 spiro atoms. The number of allylic oxidation sites excluding steroid dienone is 2. The molecule has 0 aromatic heterocycles. The molecule has 2 aromatic carbocycles. The second kappa shape index (κ2) is 6.68. The first-order valence-electron chi connectivity index (χ1n) is 10.4. The maximum absolute atomic E-state index is 13.2. The molecule has 1 heterocycles. The standard InChI is InChI=1S/C24H18Cl2N2O3/c25-17-2-1-3-18(21(17)26)27-22(29)11-4-6-12(7-5-11)28-23(30)19-13-8-9-14(16-10-15(13)16)20(19)24(28)31/h1-9,13-16,19-20H,10H2,(H,27,29)/t13-,14-,15-,16-,19-,20+/m0/s1. The van der Waals surface area contributed by atoms with E-state index in [2.05, 4.69) is 17.5 Å². The topological polar surface area (TPSA) is 66.5 Å². The van der Waals surface area contributed by atoms with Gasteiger partial charge in [-0.2, -0.15) is 0 Å². The maximum atomic E-state index is 13.2. The van der Waals surface area contributed by atoms with Crippen molar-refractivity contribution < 1.29 is 14.4 Å². The minimum absolute atomic E-state index is 0.109. The summed E-state index contributed by atoms with van der Waals surface area (Å²) in [6.45, 7) is 0. The number of nitrogens with zero attached hydrogens (tertiary/aromatic N) is 1. The Hall–Kier alpha value is -2.63. The van der Waals surface area contributed by atoms with E-state index in [1.165, 1.54) is 4.90 Å². The number of amides is 3. The Morgan fingerprint density at radius 1 is 0.903 bits per heavy atom. The van der Waals surface area contributed by atoms with Crippen molar-refractivity contribution in [2.75, 3.05) is 10.2 Å². The van der Waals surface area contributed by atoms with Gasteiger partial charge in [-0.1, -0.05) is 41.4 Å². The second-order valence-electron chi connectivity index (χ2n) is 8.77. The van der Waals surface area contributed by atoms with Crippen LogP contribution in [-0.2, 0) is 9.59 Å². The fourth-order valence-corrected chi connectivity index (χ4v) is 6.12. The van der Waals surface area contributed by atoms with E-state index >= 15 is 0 Å². The van der Waals surface area contributed by atoms with Crippen LogP contribution in [0.5, 0.6) is 0 Å². The van der Waals surface area contributed by atoms with Gasteiger partial charge in [-0.25, -0.2) is 0 Å². The van der Waals surface area contributed by atoms with Gasteiger partial charge in [0, 0.05) is 5.56 Å². The molecule has 6 atom stereocenters. The average Bonchev–Trinajstić information content (AvgIpc) is 3.55. The molecule has 31 heavy (non-hydrogen) atoms. The van der Waals surface area contributed by atoms with Crippen LogP contribution in [0.15, 0.2) is 54.6 Å². The SMILES string of the molecule is O=C(Nc1cccc(Cl)c1Cl)c1ccc(N2C(=O)[C@@H]3[C@H]4C=C[C@@H]([C@@H]5C[C@@H]45)[C@@H]3C2=O)cc1. The number of carbonyl (C=O) groups is 3. The fourth-order valence-electron chi connectivity index (χ4n) is 5.77. The van der Waals surface area contributed by atoms with Gasteiger partial charge in [0.15, 0.2) is 0 Å². The zero-order valence-corrected chi connectivity index (χ0v) is 17.8. The van der Waals surface area contributed by atoms with Crippen molar-refractivity contribution in [1.82, 2.24) is 0 Å². The first kappa shape index (κ1) is 19.1. The predicted molar refractivity (Wildman–Crippen MR) is 118 cm³/mol. The van der Waals surface area contributed by atoms with Crippen LogP contribution in [0.4, 0.5) is 11.4 Å². The van der Waals surface area contributed by atoms with Crippen molar-refractivity contribution in [2.24, 2.45) is 35.5 Å². The number of nitrogens with one attached hydrogen (secondary N) is 1. The van der Waals surface area contributed by atoms with Crippen LogP contribution < -0.4 is 10.2 Å². The van der Waals surface area contributed by atoms with Gasteiger partial charge in [-0.15, -0.1) is 0 Å². The Morgan fingerprint density at radius 3 is 2.13 bits per heavy atom. The minimum Gasteiger partial charge on any atom is -0.321 e. The number of halogens is 2. The zero-order chi connectivity index (χ0) is 21.4. The van der Waals surface area contributed by atoms with E-state index in [0.29, 0.717) is 33.8 Å². The monoisotopic (exact) mass is 452 g/mol. The van der Waals surface area contributed by atoms with Crippen LogP contribution in [0, 0.1) is 35.5 Å². The molecule has 7 heteroatoms. The van der Waals surface area contributed by atoms with Gasteiger partial charge in [0.1, 0.15) is 0 Å². The lowest BCUT2D eigenvalue weighted by atomic mass is 9.63. The lowest BCUT2D eigenvalue weighted by Gasteiger charge is -2.37. The highest BCUT2D eigenvalue weighted by atomic mass is 35.5. The third-order valence-electron chi connectivity index (χ3n) is 7.25. The summed E-state index contributed by atoms with van der Waals surface area (Å²) in [4.78, 5) is 40.3. The Bertz CT molecular complexity index is 1140. The highest BCUT2D eigenvalue weighted by Gasteiger charge is 2.67. The summed E-state index contributed by atoms with van der Waals surface area (Å²) in [5.41, 5.74) is 1.31. The van der Waals surface area contributed by atoms with Crippen molar-refractivity contribution in [3.63, 3.8) is 0 Å². The van der Waals surface area contributed by atoms with Crippen molar-refractivity contribution in [1.29, 1.82) is 0 Å². The van der Waals surface area contributed by atoms with Crippen LogP contribution in [-0.4, -0.2) is 17.7 Å². The van der Waals surface area contributed by atoms with E-state index in [1.807, 2.05) is 0 Å². The van der Waals surface area contributed by atoms with Crippen LogP contribution in [0.25, 0.3) is 0 Å². The summed E-state index contributed by atoms with van der Waals surface area (Å²) >= 11 is 12.1. The van der Waals surface area contributed by atoms with Crippen molar-refractivity contribution in [3.05, 3.63) is 70.2 Å². The molecule has 1 N–H and O–H groups in total. The molecule has 3 fully saturated rings. The van der Waals surface area contributed by atoms with E-state index in [-0.39, 0.29) is 46.4 Å². The predicted octanol–water partition coefficient (Wildman–Crippen LogP) is 4.80. The lowest BCUT2D eigenvalue weighted by Crippen LogP contribution is -2.40. The molecular weight excluding hydrogens is 435 g/mol. The first-order chi connectivity index (χ1) is 15.0. The first-order valence-corrected chi connectivity index (χ1v) is 11.1. The van der Waals surface area contributed by atoms with Crippen LogP contribution in [0.1, 0.15) is 16.8 Å². The van der Waals surface area contributed by atoms with Crippen LogP contribution in [0.2, 0.25) is 10.0 Å². The van der Waals surface area contributed by atoms with Gasteiger partial charge in [0.25, 0.3) is 5.91 Å². The molecule has 3 amide bonds. The number of hydrogen-bond acceptors (Lipinski definition) is 3. The number of hydrogen-bond donors (Lipinski definition) is 1. The third-order valence-corrected chi connectivity index (χ3v) is 8.07. The highest BCUT2D eigenvalue weighted by molar-refractivity contribution is 6.44. The molecule has 0 unspecified atom stereocenters. The smallest absolute Gasteiger partial charge is 0.255 e. The Morgan fingerprint density at radius 2 is 1.52 bits per heavy atom. The van der Waals surface area contributed by atoms with Crippen molar-refractivity contribution in [3.8, 4) is 0 Å². The molecule has 1 saturated heterocycles. The fraction of sp³-hybridized carbons (Fsp3) is 0.292. The van der Waals surface area contributed by atoms with Gasteiger partial charge in [-0.05, 0) is 66.5 Å². The van der Waals surface area contributed by atoms with Crippen molar-refractivity contribution >= 4 is 52.3 Å². The number of benzene rings is 2. The van der Waals surface area contributed by atoms with Crippen LogP contribution >= 0.6 is 23.2 Å². The summed E-state index contributed by atoms with van der Waals surface area (Å²) in [5.74, 6) is 0.465. The Balaban J connectivity index is 1.24. The summed E-state index contributed by atoms with van der Waals surface area (Å²) in [6, 6.07) is 11.5. The largest absolute Gasteiger partial charge is 0.321 e. The van der Waals surface area contributed by atoms with Gasteiger partial charge >= 0.3 is 0 Å². The van der Waals surface area contributed by atoms with E-state index in [9.17, 15) is 14.4 Å². The molecular formula is C24H18Cl2N2O3. The molecule has 4 aliphatic carbocycles. The highest BCUT2D eigenvalue weighted by Crippen LogP contribution is 2.65. The molecule has 156 valence electrons. The molecule has 2 aromatic rings. The Kier molecular flexibility index (Phi) is 4.11. The van der Waals surface area contributed by atoms with Crippen LogP contribution in [0.3, 0.4) is 0 Å². The minimum atomic E-state index is -0.356. The maximum Gasteiger partial charge on any atom is 0.255 e. The summed E-state index contributed by atoms with van der Waals surface area (Å²) < 4.78 is 0. The van der Waals surface area contributed by atoms with E-state index in [0.717, 1.165) is 6.42 Å². The Labute approximate surface area is 189 Å². The normalized spacial score (nSPS) is 32.1. The molecule has 1 aliphatic heterocycles. The summed E-state index contributed by atoms with van der Waals surface area (Å²) in [6.07, 6.45) is 5.45. The van der Waals surface area contributed by atoms with Gasteiger partial charge in [-0.3, -0.25) is 19.3 Å². The van der Waals surface area contributed by atoms with E-state index in [1.54, 1.807) is 42.5 Å². The molecule has 0 radical (unpaired) electrons. The number of carbonyl (C=O) groups excluding carboxylic acids is 3. The quantitative estimate of drug-likeness (QED) is 0.536. The zero-order valence-electron chi connectivity index (χ0n) is 16.3. The average molecular weight is 453 g/mol.